The van der Waals surface area contributed by atoms with Crippen LogP contribution in [0.15, 0.2) is 203 Å². The van der Waals surface area contributed by atoms with E-state index in [1.165, 1.54) is 11.1 Å². The minimum absolute atomic E-state index is 0.0274. The van der Waals surface area contributed by atoms with Gasteiger partial charge < -0.3 is 8.83 Å². The van der Waals surface area contributed by atoms with Gasteiger partial charge in [0.25, 0.3) is 0 Å². The number of fused-ring (bicyclic) bond motifs is 6. The first-order valence-corrected chi connectivity index (χ1v) is 18.2. The Kier molecular flexibility index (Phi) is 5.95. The van der Waals surface area contributed by atoms with E-state index in [-0.39, 0.29) is 57.7 Å². The highest BCUT2D eigenvalue weighted by molar-refractivity contribution is 6.10. The summed E-state index contributed by atoms with van der Waals surface area (Å²) < 4.78 is 71.9. The number of aromatic nitrogens is 2. The van der Waals surface area contributed by atoms with Crippen molar-refractivity contribution < 1.29 is 18.4 Å². The molecular weight excluding hydrogens is 685 g/mol. The van der Waals surface area contributed by atoms with Crippen molar-refractivity contribution >= 4 is 44.0 Å². The topological polar surface area (TPSA) is 52.1 Å². The summed E-state index contributed by atoms with van der Waals surface area (Å²) >= 11 is 0. The number of para-hydroxylation sites is 2. The molecule has 0 spiro atoms. The van der Waals surface area contributed by atoms with Gasteiger partial charge in [0, 0.05) is 27.3 Å². The number of rotatable bonds is 6. The zero-order valence-corrected chi connectivity index (χ0v) is 29.6. The van der Waals surface area contributed by atoms with Gasteiger partial charge in [0.2, 0.25) is 0 Å². The van der Waals surface area contributed by atoms with Gasteiger partial charge in [-0.3, -0.25) is 0 Å². The van der Waals surface area contributed by atoms with Crippen molar-refractivity contribution in [2.45, 2.75) is 0 Å². The molecule has 0 bridgehead atoms. The Morgan fingerprint density at radius 3 is 1.70 bits per heavy atom. The summed E-state index contributed by atoms with van der Waals surface area (Å²) in [4.78, 5) is 9.38. The van der Waals surface area contributed by atoms with E-state index < -0.39 is 12.1 Å². The van der Waals surface area contributed by atoms with Crippen LogP contribution in [0.1, 0.15) is 9.60 Å². The summed E-state index contributed by atoms with van der Waals surface area (Å²) in [6.45, 7) is 0. The van der Waals surface area contributed by atoms with Crippen molar-refractivity contribution in [3.8, 4) is 66.9 Å². The number of benzene rings is 8. The summed E-state index contributed by atoms with van der Waals surface area (Å²) in [5.41, 5.74) is 12.7. The minimum atomic E-state index is -0.459. The van der Waals surface area contributed by atoms with E-state index in [1.54, 1.807) is 18.5 Å². The third-order valence-corrected chi connectivity index (χ3v) is 10.4. The Labute approximate surface area is 332 Å². The van der Waals surface area contributed by atoms with E-state index in [1.807, 2.05) is 48.5 Å². The number of hydrogen-bond donors (Lipinski definition) is 0. The van der Waals surface area contributed by atoms with E-state index in [9.17, 15) is 0 Å². The minimum Gasteiger partial charge on any atom is -0.455 e. The molecular formula is C52H32N2O2. The first-order chi connectivity index (χ1) is 30.6. The monoisotopic (exact) mass is 723 g/mol. The fourth-order valence-electron chi connectivity index (χ4n) is 7.53. The molecule has 11 rings (SSSR count). The normalized spacial score (nSPS) is 13.3. The van der Waals surface area contributed by atoms with E-state index in [4.69, 9.17) is 18.4 Å². The van der Waals surface area contributed by atoms with E-state index in [2.05, 4.69) is 94.9 Å². The zero-order valence-electron chi connectivity index (χ0n) is 36.6. The summed E-state index contributed by atoms with van der Waals surface area (Å²) in [5.74, 6) is 0. The van der Waals surface area contributed by atoms with Crippen LogP contribution in [0.2, 0.25) is 0 Å². The predicted molar refractivity (Wildman–Crippen MR) is 229 cm³/mol. The molecule has 0 radical (unpaired) electrons. The molecule has 8 aromatic carbocycles. The summed E-state index contributed by atoms with van der Waals surface area (Å²) in [6.07, 6.45) is 1.56. The molecule has 0 saturated carbocycles. The molecule has 0 aliphatic rings. The molecule has 0 aliphatic heterocycles. The lowest BCUT2D eigenvalue weighted by Gasteiger charge is -2.08. The van der Waals surface area contributed by atoms with Crippen LogP contribution in [-0.2, 0) is 0 Å². The first kappa shape index (κ1) is 25.5. The van der Waals surface area contributed by atoms with Crippen LogP contribution in [0.4, 0.5) is 0 Å². The van der Waals surface area contributed by atoms with Gasteiger partial charge in [-0.2, -0.15) is 0 Å². The maximum absolute atomic E-state index is 8.84. The van der Waals surface area contributed by atoms with Crippen LogP contribution < -0.4 is 0 Å². The van der Waals surface area contributed by atoms with Gasteiger partial charge >= 0.3 is 0 Å². The Morgan fingerprint density at radius 1 is 0.375 bits per heavy atom. The second-order valence-electron chi connectivity index (χ2n) is 13.7. The molecule has 3 aromatic heterocycles. The van der Waals surface area contributed by atoms with Crippen molar-refractivity contribution in [1.82, 2.24) is 9.97 Å². The highest BCUT2D eigenvalue weighted by atomic mass is 16.3. The third kappa shape index (κ3) is 5.47. The maximum Gasteiger partial charge on any atom is 0.180 e. The highest BCUT2D eigenvalue weighted by Crippen LogP contribution is 2.39. The fourth-order valence-corrected chi connectivity index (χ4v) is 7.53. The highest BCUT2D eigenvalue weighted by Gasteiger charge is 2.17. The van der Waals surface area contributed by atoms with Crippen LogP contribution in [0.25, 0.3) is 111 Å². The summed E-state index contributed by atoms with van der Waals surface area (Å²) in [5, 5.41) is 0.993. The molecule has 56 heavy (non-hydrogen) atoms. The predicted octanol–water partition coefficient (Wildman–Crippen LogP) is 14.3. The number of furan rings is 2. The second-order valence-corrected chi connectivity index (χ2v) is 13.7. The second kappa shape index (κ2) is 13.1. The lowest BCUT2D eigenvalue weighted by molar-refractivity contribution is 0.667. The van der Waals surface area contributed by atoms with E-state index >= 15 is 0 Å². The molecule has 0 aliphatic carbocycles. The summed E-state index contributed by atoms with van der Waals surface area (Å²) in [6, 6.07) is 46.4. The van der Waals surface area contributed by atoms with E-state index in [0.29, 0.717) is 27.9 Å². The largest absolute Gasteiger partial charge is 0.455 e. The molecule has 4 heteroatoms. The molecule has 0 fully saturated rings. The molecule has 262 valence electrons. The molecule has 11 aromatic rings. The Morgan fingerprint density at radius 2 is 0.929 bits per heavy atom. The maximum atomic E-state index is 8.84. The van der Waals surface area contributed by atoms with Gasteiger partial charge in [-0.1, -0.05) is 158 Å². The Bertz CT molecular complexity index is 3640. The molecule has 0 N–H and O–H groups in total. The van der Waals surface area contributed by atoms with Gasteiger partial charge in [0.05, 0.1) is 9.60 Å². The molecule has 0 saturated heterocycles. The van der Waals surface area contributed by atoms with Gasteiger partial charge in [-0.15, -0.1) is 0 Å². The van der Waals surface area contributed by atoms with Gasteiger partial charge in [-0.05, 0) is 80.4 Å². The van der Waals surface area contributed by atoms with Gasteiger partial charge in [0.15, 0.2) is 5.58 Å². The van der Waals surface area contributed by atoms with Crippen LogP contribution >= 0.6 is 0 Å². The number of hydrogen-bond acceptors (Lipinski definition) is 4. The quantitative estimate of drug-likeness (QED) is 0.171. The van der Waals surface area contributed by atoms with Crippen LogP contribution in [0.3, 0.4) is 0 Å². The van der Waals surface area contributed by atoms with Crippen molar-refractivity contribution in [3.05, 3.63) is 194 Å². The van der Waals surface area contributed by atoms with E-state index in [0.717, 1.165) is 44.3 Å². The standard InChI is InChI=1S/C52H32N2O2/c1-2-9-33(10-3-1)34-19-21-35(22-20-34)38-11-6-13-40(29-38)41-27-28-48-46(31-41)50-52(56-48)49(53-32-54-50)42-14-7-12-39(30-42)36-23-25-37(26-24-36)43-16-8-17-45-44-15-4-5-18-47(44)55-51(43)45/h1-32H/i4D,5D,8D,15D,16D,17D,18D. The van der Waals surface area contributed by atoms with Crippen molar-refractivity contribution in [2.24, 2.45) is 0 Å². The summed E-state index contributed by atoms with van der Waals surface area (Å²) in [7, 11) is 0. The molecule has 0 amide bonds. The average Bonchev–Trinajstić information content (AvgIpc) is 3.92. The Balaban J connectivity index is 0.923. The van der Waals surface area contributed by atoms with Crippen LogP contribution in [0, 0.1) is 0 Å². The molecule has 0 atom stereocenters. The Hall–Kier alpha value is -7.56. The van der Waals surface area contributed by atoms with Gasteiger partial charge in [-0.25, -0.2) is 9.97 Å². The van der Waals surface area contributed by atoms with Crippen LogP contribution in [-0.4, -0.2) is 9.97 Å². The third-order valence-electron chi connectivity index (χ3n) is 10.4. The zero-order chi connectivity index (χ0) is 43.1. The number of nitrogens with zero attached hydrogens (tertiary/aromatic N) is 2. The SMILES string of the molecule is [2H]c1c([2H])c([2H])c2c(oc3c(-c4ccc(-c5cccc(-c6ncnc7c6oc6ccc(-c8cccc(-c9ccc(-c%10ccccc%10)cc9)c8)cc67)c5)cc4)c([2H])c([2H])c([2H])c32)c1[2H]. The molecule has 0 unspecified atom stereocenters. The molecule has 4 nitrogen and oxygen atoms in total. The van der Waals surface area contributed by atoms with Crippen molar-refractivity contribution in [2.75, 3.05) is 0 Å². The smallest absolute Gasteiger partial charge is 0.180 e. The lowest BCUT2D eigenvalue weighted by Crippen LogP contribution is -1.88. The van der Waals surface area contributed by atoms with Gasteiger partial charge in [0.1, 0.15) is 34.3 Å². The lowest BCUT2D eigenvalue weighted by atomic mass is 9.96. The first-order valence-electron chi connectivity index (χ1n) is 21.7. The van der Waals surface area contributed by atoms with Crippen LogP contribution in [0.5, 0.6) is 0 Å². The fraction of sp³-hybridized carbons (Fsp3) is 0. The van der Waals surface area contributed by atoms with Crippen molar-refractivity contribution in [3.63, 3.8) is 0 Å². The van der Waals surface area contributed by atoms with Crippen molar-refractivity contribution in [1.29, 1.82) is 0 Å². The molecule has 3 heterocycles. The average molecular weight is 724 g/mol.